The number of aldehydes is 1. The van der Waals surface area contributed by atoms with Gasteiger partial charge in [-0.1, -0.05) is 11.4 Å². The summed E-state index contributed by atoms with van der Waals surface area (Å²) >= 11 is 6.43. The van der Waals surface area contributed by atoms with Gasteiger partial charge in [-0.15, -0.1) is 0 Å². The molecule has 0 amide bonds. The van der Waals surface area contributed by atoms with Gasteiger partial charge < -0.3 is 13.8 Å². The maximum atomic E-state index is 9.95. The Morgan fingerprint density at radius 3 is 2.45 bits per heavy atom. The van der Waals surface area contributed by atoms with Crippen LogP contribution >= 0.6 is 17.1 Å². The van der Waals surface area contributed by atoms with Gasteiger partial charge in [0.25, 0.3) is 0 Å². The van der Waals surface area contributed by atoms with Gasteiger partial charge in [-0.25, -0.2) is 0 Å². The van der Waals surface area contributed by atoms with E-state index in [-0.39, 0.29) is 0 Å². The Balaban J connectivity index is 3.69. The third kappa shape index (κ3) is 4.93. The molecule has 3 nitrogen and oxygen atoms in total. The molecule has 0 saturated carbocycles. The zero-order valence-electron chi connectivity index (χ0n) is 6.48. The summed E-state index contributed by atoms with van der Waals surface area (Å²) in [5.74, 6) is 0.669. The second kappa shape index (κ2) is 6.14. The smallest absolute Gasteiger partial charge is 0.246 e. The number of carbonyl (C=O) groups excluding carboxylic acids is 1. The molecule has 0 aromatic rings. The van der Waals surface area contributed by atoms with Gasteiger partial charge >= 0.3 is 0 Å². The van der Waals surface area contributed by atoms with Crippen LogP contribution in [0.3, 0.4) is 0 Å². The Bertz CT molecular complexity index is 154. The minimum absolute atomic E-state index is 0.496. The first kappa shape index (κ1) is 11.6. The lowest BCUT2D eigenvalue weighted by Gasteiger charge is -2.15. The molecule has 0 rings (SSSR count). The van der Waals surface area contributed by atoms with Crippen LogP contribution in [-0.4, -0.2) is 26.3 Å². The van der Waals surface area contributed by atoms with Crippen LogP contribution in [0.2, 0.25) is 0 Å². The van der Waals surface area contributed by atoms with Crippen molar-refractivity contribution >= 4 is 35.2 Å². The first-order chi connectivity index (χ1) is 5.18. The molecule has 0 radical (unpaired) electrons. The molecule has 66 valence electrons. The maximum Gasteiger partial charge on any atom is 0.246 e. The molecule has 6 heteroatoms. The molecule has 0 aromatic heterocycles. The van der Waals surface area contributed by atoms with Crippen LogP contribution in [0, 0.1) is 0 Å². The fourth-order valence-electron chi connectivity index (χ4n) is 0.393. The number of hydrogen-bond donors (Lipinski definition) is 0. The number of carbonyl (C=O) groups is 1. The largest absolute Gasteiger partial charge is 0.325 e. The van der Waals surface area contributed by atoms with Crippen LogP contribution in [0.25, 0.3) is 0 Å². The Hall–Kier alpha value is 0.590. The Morgan fingerprint density at radius 2 is 2.09 bits per heavy atom. The van der Waals surface area contributed by atoms with Crippen molar-refractivity contribution in [2.75, 3.05) is 20.0 Å². The maximum absolute atomic E-state index is 9.95. The zero-order valence-corrected chi connectivity index (χ0v) is 9.01. The summed E-state index contributed by atoms with van der Waals surface area (Å²) in [5.41, 5.74) is -2.12. The molecule has 0 aliphatic heterocycles. The molecule has 0 aliphatic carbocycles. The Labute approximate surface area is 75.8 Å². The third-order valence-electron chi connectivity index (χ3n) is 0.932. The van der Waals surface area contributed by atoms with Crippen LogP contribution in [0.1, 0.15) is 6.42 Å². The molecule has 0 unspecified atom stereocenters. The lowest BCUT2D eigenvalue weighted by Crippen LogP contribution is -1.86. The van der Waals surface area contributed by atoms with E-state index in [1.54, 1.807) is 0 Å². The lowest BCUT2D eigenvalue weighted by molar-refractivity contribution is -0.107. The van der Waals surface area contributed by atoms with E-state index in [0.717, 1.165) is 6.29 Å². The summed E-state index contributed by atoms with van der Waals surface area (Å²) in [7, 11) is 3.05. The highest BCUT2D eigenvalue weighted by Crippen LogP contribution is 2.59. The van der Waals surface area contributed by atoms with Crippen molar-refractivity contribution in [3.63, 3.8) is 0 Å². The van der Waals surface area contributed by atoms with E-state index in [0.29, 0.717) is 12.2 Å². The summed E-state index contributed by atoms with van der Waals surface area (Å²) in [6, 6.07) is 0. The molecule has 0 N–H and O–H groups in total. The van der Waals surface area contributed by atoms with Crippen LogP contribution in [0.5, 0.6) is 0 Å². The van der Waals surface area contributed by atoms with Crippen molar-refractivity contribution in [1.82, 2.24) is 0 Å². The summed E-state index contributed by atoms with van der Waals surface area (Å²) in [6.07, 6.45) is 1.35. The van der Waals surface area contributed by atoms with E-state index in [1.807, 2.05) is 0 Å². The zero-order chi connectivity index (χ0) is 8.74. The van der Waals surface area contributed by atoms with Crippen molar-refractivity contribution in [3.05, 3.63) is 0 Å². The highest BCUT2D eigenvalue weighted by Gasteiger charge is 2.14. The third-order valence-corrected chi connectivity index (χ3v) is 6.80. The molecule has 0 aliphatic rings. The predicted octanol–water partition coefficient (Wildman–Crippen LogP) is 1.83. The summed E-state index contributed by atoms with van der Waals surface area (Å²) < 4.78 is 9.97. The molecule has 0 fully saturated rings. The monoisotopic (exact) mass is 214 g/mol. The highest BCUT2D eigenvalue weighted by molar-refractivity contribution is 8.67. The van der Waals surface area contributed by atoms with E-state index in [9.17, 15) is 4.79 Å². The first-order valence-corrected chi connectivity index (χ1v) is 7.21. The SMILES string of the molecule is COP(=S)(OC)SCCC=O. The molecule has 0 atom stereocenters. The van der Waals surface area contributed by atoms with Crippen molar-refractivity contribution in [2.24, 2.45) is 0 Å². The molecular weight excluding hydrogens is 203 g/mol. The van der Waals surface area contributed by atoms with Crippen molar-refractivity contribution in [3.8, 4) is 0 Å². The Kier molecular flexibility index (Phi) is 6.47. The Morgan fingerprint density at radius 1 is 1.55 bits per heavy atom. The van der Waals surface area contributed by atoms with Gasteiger partial charge in [-0.3, -0.25) is 0 Å². The van der Waals surface area contributed by atoms with Crippen molar-refractivity contribution < 1.29 is 13.8 Å². The van der Waals surface area contributed by atoms with Crippen LogP contribution in [0.15, 0.2) is 0 Å². The first-order valence-electron chi connectivity index (χ1n) is 2.98. The average molecular weight is 214 g/mol. The van der Waals surface area contributed by atoms with E-state index in [1.165, 1.54) is 25.6 Å². The van der Waals surface area contributed by atoms with Crippen molar-refractivity contribution in [1.29, 1.82) is 0 Å². The molecule has 11 heavy (non-hydrogen) atoms. The van der Waals surface area contributed by atoms with E-state index >= 15 is 0 Å². The quantitative estimate of drug-likeness (QED) is 0.383. The number of rotatable bonds is 6. The molecule has 0 spiro atoms. The predicted molar refractivity (Wildman–Crippen MR) is 51.4 cm³/mol. The van der Waals surface area contributed by atoms with Gasteiger partial charge in [0.1, 0.15) is 6.29 Å². The minimum atomic E-state index is -2.12. The van der Waals surface area contributed by atoms with Gasteiger partial charge in [0.05, 0.1) is 0 Å². The van der Waals surface area contributed by atoms with Crippen molar-refractivity contribution in [2.45, 2.75) is 6.42 Å². The van der Waals surface area contributed by atoms with E-state index in [4.69, 9.17) is 20.9 Å². The molecule has 0 bridgehead atoms. The minimum Gasteiger partial charge on any atom is -0.325 e. The standard InChI is InChI=1S/C5H11O3PS2/c1-7-9(10,8-2)11-5-3-4-6/h4H,3,5H2,1-2H3. The molecule has 0 saturated heterocycles. The molecular formula is C5H11O3PS2. The average Bonchev–Trinajstić information content (AvgIpc) is 2.05. The highest BCUT2D eigenvalue weighted by atomic mass is 32.9. The lowest BCUT2D eigenvalue weighted by atomic mass is 10.6. The van der Waals surface area contributed by atoms with Gasteiger partial charge in [0, 0.05) is 26.4 Å². The second-order valence-electron chi connectivity index (χ2n) is 1.60. The van der Waals surface area contributed by atoms with Gasteiger partial charge in [0.2, 0.25) is 5.69 Å². The fourth-order valence-corrected chi connectivity index (χ4v) is 3.47. The van der Waals surface area contributed by atoms with E-state index in [2.05, 4.69) is 0 Å². The number of hydrogen-bond acceptors (Lipinski definition) is 5. The summed E-state index contributed by atoms with van der Waals surface area (Å²) in [4.78, 5) is 9.95. The van der Waals surface area contributed by atoms with Crippen LogP contribution < -0.4 is 0 Å². The van der Waals surface area contributed by atoms with Gasteiger partial charge in [-0.2, -0.15) is 0 Å². The fraction of sp³-hybridized carbons (Fsp3) is 0.800. The topological polar surface area (TPSA) is 35.5 Å². The van der Waals surface area contributed by atoms with Gasteiger partial charge in [-0.05, 0) is 11.8 Å². The van der Waals surface area contributed by atoms with Gasteiger partial charge in [0.15, 0.2) is 0 Å². The van der Waals surface area contributed by atoms with Crippen LogP contribution in [0.4, 0.5) is 0 Å². The second-order valence-corrected chi connectivity index (χ2v) is 8.24. The molecule has 0 aromatic carbocycles. The summed E-state index contributed by atoms with van der Waals surface area (Å²) in [5, 5.41) is 0. The molecule has 0 heterocycles. The summed E-state index contributed by atoms with van der Waals surface area (Å²) in [6.45, 7) is 0. The van der Waals surface area contributed by atoms with E-state index < -0.39 is 5.69 Å². The normalized spacial score (nSPS) is 11.5. The van der Waals surface area contributed by atoms with Crippen LogP contribution in [-0.2, 0) is 25.6 Å².